The summed E-state index contributed by atoms with van der Waals surface area (Å²) >= 11 is 0. The second kappa shape index (κ2) is 10.3. The predicted molar refractivity (Wildman–Crippen MR) is 120 cm³/mol. The lowest BCUT2D eigenvalue weighted by atomic mass is 9.99. The number of anilines is 1. The van der Waals surface area contributed by atoms with E-state index in [4.69, 9.17) is 4.74 Å². The van der Waals surface area contributed by atoms with Gasteiger partial charge >= 0.3 is 6.36 Å². The maximum atomic E-state index is 13.6. The fourth-order valence-electron chi connectivity index (χ4n) is 3.45. The van der Waals surface area contributed by atoms with Gasteiger partial charge in [0, 0.05) is 24.8 Å². The molecule has 7 nitrogen and oxygen atoms in total. The molecule has 0 saturated heterocycles. The van der Waals surface area contributed by atoms with Gasteiger partial charge in [0.2, 0.25) is 11.8 Å². The van der Waals surface area contributed by atoms with Gasteiger partial charge in [0.15, 0.2) is 11.6 Å². The zero-order chi connectivity index (χ0) is 25.9. The molecule has 1 heterocycles. The van der Waals surface area contributed by atoms with Crippen molar-refractivity contribution in [3.8, 4) is 17.4 Å². The molecule has 0 spiro atoms. The van der Waals surface area contributed by atoms with E-state index in [-0.39, 0.29) is 41.9 Å². The minimum atomic E-state index is -5.04. The second-order valence-corrected chi connectivity index (χ2v) is 8.40. The van der Waals surface area contributed by atoms with E-state index in [0.29, 0.717) is 17.1 Å². The number of nitrogens with one attached hydrogen (secondary N) is 1. The monoisotopic (exact) mass is 503 g/mol. The van der Waals surface area contributed by atoms with E-state index in [1.165, 1.54) is 18.5 Å². The Morgan fingerprint density at radius 1 is 1.06 bits per heavy atom. The lowest BCUT2D eigenvalue weighted by Gasteiger charge is -2.12. The quantitative estimate of drug-likeness (QED) is 0.398. The van der Waals surface area contributed by atoms with E-state index in [1.807, 2.05) is 0 Å². The summed E-state index contributed by atoms with van der Waals surface area (Å²) in [6, 6.07) is 9.50. The van der Waals surface area contributed by atoms with Crippen molar-refractivity contribution >= 4 is 17.5 Å². The highest BCUT2D eigenvalue weighted by atomic mass is 19.4. The number of carbonyl (C=O) groups excluding carboxylic acids is 2. The second-order valence-electron chi connectivity index (χ2n) is 8.40. The van der Waals surface area contributed by atoms with Gasteiger partial charge < -0.3 is 14.8 Å². The highest BCUT2D eigenvalue weighted by Gasteiger charge is 2.32. The van der Waals surface area contributed by atoms with Gasteiger partial charge in [0.1, 0.15) is 23.7 Å². The first-order valence-electron chi connectivity index (χ1n) is 11.0. The molecular weight excluding hydrogens is 482 g/mol. The number of aryl methyl sites for hydroxylation is 1. The molecule has 1 aliphatic carbocycles. The number of nitrogens with zero attached hydrogens (tertiary/aromatic N) is 2. The SMILES string of the molecule is Cc1cc(Oc2cc(NC(=O)C3CC3)ncn2)ccc1CC(=O)Cc1ccc(F)c(OC(F)(F)F)c1. The summed E-state index contributed by atoms with van der Waals surface area (Å²) in [6.07, 6.45) is -2.20. The zero-order valence-electron chi connectivity index (χ0n) is 19.1. The van der Waals surface area contributed by atoms with Crippen LogP contribution in [-0.2, 0) is 22.4 Å². The van der Waals surface area contributed by atoms with E-state index in [9.17, 15) is 27.2 Å². The van der Waals surface area contributed by atoms with Crippen molar-refractivity contribution in [1.29, 1.82) is 0 Å². The van der Waals surface area contributed by atoms with Crippen molar-refractivity contribution in [2.45, 2.75) is 39.0 Å². The number of ether oxygens (including phenoxy) is 2. The van der Waals surface area contributed by atoms with Crippen LogP contribution in [0, 0.1) is 18.7 Å². The maximum absolute atomic E-state index is 13.6. The standard InChI is InChI=1S/C25H21F4N3O4/c1-14-8-19(35-23-12-22(30-13-31-23)32-24(34)16-3-4-16)6-5-17(14)11-18(33)9-15-2-7-20(26)21(10-15)36-25(27,28)29/h2,5-8,10,12-13,16H,3-4,9,11H2,1H3,(H,30,31,32,34). The molecular formula is C25H21F4N3O4. The van der Waals surface area contributed by atoms with Gasteiger partial charge in [0.05, 0.1) is 0 Å². The first-order valence-corrected chi connectivity index (χ1v) is 11.0. The van der Waals surface area contributed by atoms with Crippen molar-refractivity contribution in [2.24, 2.45) is 5.92 Å². The molecule has 0 atom stereocenters. The molecule has 36 heavy (non-hydrogen) atoms. The van der Waals surface area contributed by atoms with Gasteiger partial charge in [-0.25, -0.2) is 14.4 Å². The number of Topliss-reactive ketones (excluding diaryl/α,β-unsaturated/α-hetero) is 1. The molecule has 1 amide bonds. The van der Waals surface area contributed by atoms with Gasteiger partial charge in [-0.3, -0.25) is 9.59 Å². The molecule has 1 saturated carbocycles. The molecule has 3 aromatic rings. The third-order valence-corrected chi connectivity index (χ3v) is 5.39. The molecule has 0 radical (unpaired) electrons. The number of carbonyl (C=O) groups is 2. The molecule has 11 heteroatoms. The first-order chi connectivity index (χ1) is 17.1. The molecule has 0 aliphatic heterocycles. The molecule has 188 valence electrons. The number of alkyl halides is 3. The minimum Gasteiger partial charge on any atom is -0.439 e. The van der Waals surface area contributed by atoms with Crippen LogP contribution in [0.3, 0.4) is 0 Å². The molecule has 4 rings (SSSR count). The first kappa shape index (κ1) is 25.1. The van der Waals surface area contributed by atoms with Crippen molar-refractivity contribution in [2.75, 3.05) is 5.32 Å². The summed E-state index contributed by atoms with van der Waals surface area (Å²) in [6.45, 7) is 1.78. The van der Waals surface area contributed by atoms with E-state index in [1.54, 1.807) is 25.1 Å². The Morgan fingerprint density at radius 3 is 2.53 bits per heavy atom. The molecule has 1 fully saturated rings. The van der Waals surface area contributed by atoms with Crippen LogP contribution in [0.4, 0.5) is 23.4 Å². The van der Waals surface area contributed by atoms with E-state index < -0.39 is 17.9 Å². The minimum absolute atomic E-state index is 0.0177. The van der Waals surface area contributed by atoms with Gasteiger partial charge in [-0.1, -0.05) is 12.1 Å². The number of aromatic nitrogens is 2. The summed E-state index contributed by atoms with van der Waals surface area (Å²) in [5, 5.41) is 2.72. The number of rotatable bonds is 9. The molecule has 1 aromatic heterocycles. The number of amides is 1. The highest BCUT2D eigenvalue weighted by molar-refractivity contribution is 5.93. The van der Waals surface area contributed by atoms with Crippen molar-refractivity contribution in [3.05, 3.63) is 71.3 Å². The highest BCUT2D eigenvalue weighted by Crippen LogP contribution is 2.31. The fourth-order valence-corrected chi connectivity index (χ4v) is 3.45. The van der Waals surface area contributed by atoms with Crippen LogP contribution in [0.2, 0.25) is 0 Å². The molecule has 2 aromatic carbocycles. The Labute approximate surface area is 203 Å². The van der Waals surface area contributed by atoms with E-state index in [2.05, 4.69) is 20.0 Å². The third kappa shape index (κ3) is 7.00. The fraction of sp³-hybridized carbons (Fsp3) is 0.280. The number of benzene rings is 2. The van der Waals surface area contributed by atoms with Crippen LogP contribution >= 0.6 is 0 Å². The maximum Gasteiger partial charge on any atom is 0.573 e. The summed E-state index contributed by atoms with van der Waals surface area (Å²) in [5.74, 6) is -1.47. The largest absolute Gasteiger partial charge is 0.573 e. The average molecular weight is 503 g/mol. The lowest BCUT2D eigenvalue weighted by molar-refractivity contribution is -0.275. The summed E-state index contributed by atoms with van der Waals surface area (Å²) in [5.41, 5.74) is 1.64. The van der Waals surface area contributed by atoms with Crippen LogP contribution in [0.15, 0.2) is 48.8 Å². The molecule has 0 bridgehead atoms. The number of hydrogen-bond donors (Lipinski definition) is 1. The normalized spacial score (nSPS) is 13.2. The number of hydrogen-bond acceptors (Lipinski definition) is 6. The van der Waals surface area contributed by atoms with Crippen LogP contribution in [-0.4, -0.2) is 28.0 Å². The van der Waals surface area contributed by atoms with Gasteiger partial charge in [-0.15, -0.1) is 13.2 Å². The van der Waals surface area contributed by atoms with Gasteiger partial charge in [0.25, 0.3) is 0 Å². The number of ketones is 1. The summed E-state index contributed by atoms with van der Waals surface area (Å²) in [7, 11) is 0. The Bertz CT molecular complexity index is 1290. The lowest BCUT2D eigenvalue weighted by Crippen LogP contribution is -2.18. The summed E-state index contributed by atoms with van der Waals surface area (Å²) in [4.78, 5) is 32.5. The topological polar surface area (TPSA) is 90.4 Å². The van der Waals surface area contributed by atoms with Crippen molar-refractivity contribution < 1.29 is 36.6 Å². The Hall–Kier alpha value is -4.02. The number of halogens is 4. The predicted octanol–water partition coefficient (Wildman–Crippen LogP) is 5.32. The Morgan fingerprint density at radius 2 is 1.83 bits per heavy atom. The van der Waals surface area contributed by atoms with Crippen LogP contribution in [0.1, 0.15) is 29.5 Å². The zero-order valence-corrected chi connectivity index (χ0v) is 19.1. The Balaban J connectivity index is 1.37. The molecule has 1 aliphatic rings. The average Bonchev–Trinajstić information content (AvgIpc) is 3.63. The van der Waals surface area contributed by atoms with Crippen molar-refractivity contribution in [1.82, 2.24) is 9.97 Å². The van der Waals surface area contributed by atoms with Gasteiger partial charge in [-0.2, -0.15) is 0 Å². The van der Waals surface area contributed by atoms with E-state index in [0.717, 1.165) is 30.5 Å². The van der Waals surface area contributed by atoms with Crippen LogP contribution in [0.25, 0.3) is 0 Å². The Kier molecular flexibility index (Phi) is 7.18. The smallest absolute Gasteiger partial charge is 0.439 e. The third-order valence-electron chi connectivity index (χ3n) is 5.39. The van der Waals surface area contributed by atoms with Crippen LogP contribution in [0.5, 0.6) is 17.4 Å². The molecule has 1 N–H and O–H groups in total. The van der Waals surface area contributed by atoms with Crippen LogP contribution < -0.4 is 14.8 Å². The van der Waals surface area contributed by atoms with Gasteiger partial charge in [-0.05, 0) is 60.7 Å². The van der Waals surface area contributed by atoms with Crippen molar-refractivity contribution in [3.63, 3.8) is 0 Å². The summed E-state index contributed by atoms with van der Waals surface area (Å²) < 4.78 is 60.3. The van der Waals surface area contributed by atoms with E-state index >= 15 is 0 Å². The molecule has 0 unspecified atom stereocenters.